The van der Waals surface area contributed by atoms with Gasteiger partial charge in [0.25, 0.3) is 0 Å². The molecule has 1 aromatic heterocycles. The number of fused-ring (bicyclic) bond motifs is 4. The van der Waals surface area contributed by atoms with Crippen LogP contribution in [0.15, 0.2) is 42.5 Å². The van der Waals surface area contributed by atoms with E-state index in [1.54, 1.807) is 32.4 Å². The molecule has 0 bridgehead atoms. The molecule has 0 saturated carbocycles. The van der Waals surface area contributed by atoms with Crippen molar-refractivity contribution in [2.75, 3.05) is 39.2 Å². The number of benzene rings is 2. The lowest BCUT2D eigenvalue weighted by molar-refractivity contribution is -0.0943. The number of piperidine rings is 1. The summed E-state index contributed by atoms with van der Waals surface area (Å²) in [5, 5.41) is 4.25. The number of nitrogens with one attached hydrogen (secondary N) is 2. The predicted octanol–water partition coefficient (Wildman–Crippen LogP) is 4.28. The molecule has 1 saturated heterocycles. The minimum atomic E-state index is -0.350. The zero-order valence-corrected chi connectivity index (χ0v) is 17.9. The normalized spacial score (nSPS) is 17.4. The molecular weight excluding hydrogens is 394 g/mol. The minimum Gasteiger partial charge on any atom is -0.497 e. The van der Waals surface area contributed by atoms with Gasteiger partial charge in [-0.05, 0) is 43.0 Å². The Labute approximate surface area is 181 Å². The number of hydrogen-bond acceptors (Lipinski definition) is 4. The van der Waals surface area contributed by atoms with E-state index in [1.807, 2.05) is 4.90 Å². The van der Waals surface area contributed by atoms with Gasteiger partial charge in [-0.2, -0.15) is 0 Å². The van der Waals surface area contributed by atoms with Gasteiger partial charge in [-0.3, -0.25) is 0 Å². The molecular formula is C24H27N3O4. The monoisotopic (exact) mass is 421 g/mol. The lowest BCUT2D eigenvalue weighted by Crippen LogP contribution is -2.49. The lowest BCUT2D eigenvalue weighted by atomic mass is 9.83. The second-order valence-electron chi connectivity index (χ2n) is 8.10. The standard InChI is InChI=1S/C24H27N3O4/c1-29-16-7-8-21(30-2)20(15-16)26-23(28)27-12-10-24(11-13-27)22-18(9-14-31-24)17-5-3-4-6-19(17)25-22/h3-8,15,25H,9-14H2,1-2H3,(H,26,28). The highest BCUT2D eigenvalue weighted by Crippen LogP contribution is 2.43. The van der Waals surface area contributed by atoms with Crippen molar-refractivity contribution in [3.8, 4) is 11.5 Å². The van der Waals surface area contributed by atoms with Crippen LogP contribution in [0.3, 0.4) is 0 Å². The van der Waals surface area contributed by atoms with Gasteiger partial charge in [0.15, 0.2) is 0 Å². The smallest absolute Gasteiger partial charge is 0.321 e. The molecule has 2 N–H and O–H groups in total. The number of anilines is 1. The van der Waals surface area contributed by atoms with Gasteiger partial charge in [0.2, 0.25) is 0 Å². The first-order chi connectivity index (χ1) is 15.1. The van der Waals surface area contributed by atoms with Crippen molar-refractivity contribution in [1.82, 2.24) is 9.88 Å². The number of ether oxygens (including phenoxy) is 3. The molecule has 5 rings (SSSR count). The van der Waals surface area contributed by atoms with Crippen molar-refractivity contribution in [3.63, 3.8) is 0 Å². The van der Waals surface area contributed by atoms with E-state index in [-0.39, 0.29) is 11.6 Å². The molecule has 0 aliphatic carbocycles. The molecule has 2 aromatic carbocycles. The summed E-state index contributed by atoms with van der Waals surface area (Å²) in [6.45, 7) is 1.95. The zero-order valence-electron chi connectivity index (χ0n) is 17.9. The Balaban J connectivity index is 1.33. The van der Waals surface area contributed by atoms with E-state index >= 15 is 0 Å². The average molecular weight is 421 g/mol. The molecule has 1 spiro atoms. The third-order valence-corrected chi connectivity index (χ3v) is 6.51. The Kier molecular flexibility index (Phi) is 4.98. The summed E-state index contributed by atoms with van der Waals surface area (Å²) in [5.41, 5.74) is 3.95. The predicted molar refractivity (Wildman–Crippen MR) is 119 cm³/mol. The third-order valence-electron chi connectivity index (χ3n) is 6.51. The van der Waals surface area contributed by atoms with Gasteiger partial charge in [0.1, 0.15) is 17.1 Å². The summed E-state index contributed by atoms with van der Waals surface area (Å²) in [6.07, 6.45) is 2.44. The van der Waals surface area contributed by atoms with Crippen LogP contribution >= 0.6 is 0 Å². The first-order valence-electron chi connectivity index (χ1n) is 10.7. The van der Waals surface area contributed by atoms with Crippen LogP contribution in [-0.2, 0) is 16.8 Å². The number of H-pyrrole nitrogens is 1. The summed E-state index contributed by atoms with van der Waals surface area (Å²) in [5.74, 6) is 1.26. The van der Waals surface area contributed by atoms with Crippen LogP contribution < -0.4 is 14.8 Å². The Morgan fingerprint density at radius 1 is 1.13 bits per heavy atom. The molecule has 0 atom stereocenters. The van der Waals surface area contributed by atoms with Crippen LogP contribution in [0.1, 0.15) is 24.1 Å². The first-order valence-corrected chi connectivity index (χ1v) is 10.7. The second-order valence-corrected chi connectivity index (χ2v) is 8.10. The summed E-state index contributed by atoms with van der Waals surface area (Å²) >= 11 is 0. The number of amides is 2. The van der Waals surface area contributed by atoms with Gasteiger partial charge >= 0.3 is 6.03 Å². The summed E-state index contributed by atoms with van der Waals surface area (Å²) in [7, 11) is 3.18. The van der Waals surface area contributed by atoms with Crippen molar-refractivity contribution in [2.24, 2.45) is 0 Å². The highest BCUT2D eigenvalue weighted by molar-refractivity contribution is 5.91. The third kappa shape index (κ3) is 3.39. The van der Waals surface area contributed by atoms with Gasteiger partial charge in [-0.15, -0.1) is 0 Å². The molecule has 3 aromatic rings. The quantitative estimate of drug-likeness (QED) is 0.662. The fraction of sp³-hybridized carbons (Fsp3) is 0.375. The lowest BCUT2D eigenvalue weighted by Gasteiger charge is -2.43. The highest BCUT2D eigenvalue weighted by atomic mass is 16.5. The molecule has 7 nitrogen and oxygen atoms in total. The Bertz CT molecular complexity index is 1120. The van der Waals surface area contributed by atoms with Crippen LogP contribution in [-0.4, -0.2) is 49.8 Å². The van der Waals surface area contributed by atoms with E-state index in [0.29, 0.717) is 36.9 Å². The van der Waals surface area contributed by atoms with E-state index in [0.717, 1.165) is 24.8 Å². The maximum absolute atomic E-state index is 13.0. The number of likely N-dealkylation sites (tertiary alicyclic amines) is 1. The Hall–Kier alpha value is -3.19. The average Bonchev–Trinajstić information content (AvgIpc) is 3.20. The second kappa shape index (κ2) is 7.81. The van der Waals surface area contributed by atoms with Crippen LogP contribution in [0.25, 0.3) is 10.9 Å². The fourth-order valence-corrected chi connectivity index (χ4v) is 4.84. The minimum absolute atomic E-state index is 0.144. The van der Waals surface area contributed by atoms with Crippen LogP contribution in [0.4, 0.5) is 10.5 Å². The number of rotatable bonds is 3. The van der Waals surface area contributed by atoms with Gasteiger partial charge < -0.3 is 29.4 Å². The van der Waals surface area contributed by atoms with Crippen LogP contribution in [0, 0.1) is 0 Å². The topological polar surface area (TPSA) is 75.8 Å². The molecule has 3 heterocycles. The number of carbonyl (C=O) groups is 1. The van der Waals surface area contributed by atoms with E-state index in [4.69, 9.17) is 14.2 Å². The zero-order chi connectivity index (χ0) is 21.4. The number of hydrogen-bond donors (Lipinski definition) is 2. The number of urea groups is 1. The molecule has 0 unspecified atom stereocenters. The van der Waals surface area contributed by atoms with Gasteiger partial charge in [-0.25, -0.2) is 4.79 Å². The largest absolute Gasteiger partial charge is 0.497 e. The van der Waals surface area contributed by atoms with Crippen molar-refractivity contribution in [3.05, 3.63) is 53.7 Å². The van der Waals surface area contributed by atoms with Gasteiger partial charge in [-0.1, -0.05) is 18.2 Å². The highest BCUT2D eigenvalue weighted by Gasteiger charge is 2.43. The maximum atomic E-state index is 13.0. The first kappa shape index (κ1) is 19.8. The van der Waals surface area contributed by atoms with Crippen LogP contribution in [0.5, 0.6) is 11.5 Å². The molecule has 162 valence electrons. The summed E-state index contributed by atoms with van der Waals surface area (Å²) in [4.78, 5) is 18.4. The molecule has 31 heavy (non-hydrogen) atoms. The van der Waals surface area contributed by atoms with Gasteiger partial charge in [0.05, 0.1) is 32.2 Å². The number of carbonyl (C=O) groups excluding carboxylic acids is 1. The number of nitrogens with zero attached hydrogens (tertiary/aromatic N) is 1. The molecule has 1 fully saturated rings. The number of aromatic amines is 1. The maximum Gasteiger partial charge on any atom is 0.321 e. The fourth-order valence-electron chi connectivity index (χ4n) is 4.84. The SMILES string of the molecule is COc1ccc(OC)c(NC(=O)N2CCC3(CC2)OCCc2c3[nH]c3ccccc23)c1. The molecule has 7 heteroatoms. The van der Waals surface area contributed by atoms with Crippen molar-refractivity contribution >= 4 is 22.6 Å². The van der Waals surface area contributed by atoms with E-state index < -0.39 is 0 Å². The Morgan fingerprint density at radius 2 is 1.94 bits per heavy atom. The number of para-hydroxylation sites is 1. The number of methoxy groups -OCH3 is 2. The molecule has 0 radical (unpaired) electrons. The van der Waals surface area contributed by atoms with Crippen molar-refractivity contribution in [2.45, 2.75) is 24.9 Å². The number of aromatic nitrogens is 1. The van der Waals surface area contributed by atoms with Crippen molar-refractivity contribution in [1.29, 1.82) is 0 Å². The van der Waals surface area contributed by atoms with E-state index in [2.05, 4.69) is 34.6 Å². The van der Waals surface area contributed by atoms with Crippen molar-refractivity contribution < 1.29 is 19.0 Å². The molecule has 2 aliphatic rings. The van der Waals surface area contributed by atoms with Crippen LogP contribution in [0.2, 0.25) is 0 Å². The van der Waals surface area contributed by atoms with E-state index in [9.17, 15) is 4.79 Å². The summed E-state index contributed by atoms with van der Waals surface area (Å²) in [6, 6.07) is 13.6. The molecule has 2 amide bonds. The van der Waals surface area contributed by atoms with Gasteiger partial charge in [0, 0.05) is 30.1 Å². The summed E-state index contributed by atoms with van der Waals surface area (Å²) < 4.78 is 17.0. The van der Waals surface area contributed by atoms with E-state index in [1.165, 1.54) is 16.6 Å². The molecule has 2 aliphatic heterocycles. The Morgan fingerprint density at radius 3 is 2.71 bits per heavy atom.